The zero-order chi connectivity index (χ0) is 25.9. The lowest BCUT2D eigenvalue weighted by Gasteiger charge is -2.33. The Bertz CT molecular complexity index is 2510. The normalized spacial score (nSPS) is 12.9. The van der Waals surface area contributed by atoms with E-state index in [0.717, 1.165) is 39.0 Å². The van der Waals surface area contributed by atoms with E-state index in [0.29, 0.717) is 0 Å². The second-order valence-electron chi connectivity index (χ2n) is 10.5. The molecule has 4 heteroatoms. The maximum atomic E-state index is 6.54. The van der Waals surface area contributed by atoms with Crippen molar-refractivity contribution in [2.45, 2.75) is 0 Å². The molecule has 0 fully saturated rings. The first-order chi connectivity index (χ1) is 19.9. The number of nitrogens with zero attached hydrogens (tertiary/aromatic N) is 2. The number of anilines is 3. The fourth-order valence-electron chi connectivity index (χ4n) is 6.88. The summed E-state index contributed by atoms with van der Waals surface area (Å²) in [5, 5.41) is 7.54. The molecule has 0 bridgehead atoms. The Kier molecular flexibility index (Phi) is 3.81. The van der Waals surface area contributed by atoms with Crippen molar-refractivity contribution in [3.05, 3.63) is 121 Å². The Balaban J connectivity index is 1.38. The van der Waals surface area contributed by atoms with Crippen molar-refractivity contribution in [1.29, 1.82) is 0 Å². The molecule has 186 valence electrons. The Morgan fingerprint density at radius 2 is 1.20 bits per heavy atom. The van der Waals surface area contributed by atoms with Gasteiger partial charge >= 0.3 is 0 Å². The first-order valence-corrected chi connectivity index (χ1v) is 14.4. The molecule has 0 radical (unpaired) electrons. The zero-order valence-corrected chi connectivity index (χ0v) is 22.1. The fourth-order valence-corrected chi connectivity index (χ4v) is 8.14. The van der Waals surface area contributed by atoms with Gasteiger partial charge in [-0.2, -0.15) is 0 Å². The number of hydrogen-bond acceptors (Lipinski definition) is 3. The second kappa shape index (κ2) is 7.32. The van der Waals surface area contributed by atoms with Crippen LogP contribution in [-0.4, -0.2) is 4.57 Å². The number of benzene rings is 6. The third kappa shape index (κ3) is 2.46. The Labute approximate surface area is 232 Å². The minimum atomic E-state index is 0.909. The summed E-state index contributed by atoms with van der Waals surface area (Å²) in [5.41, 5.74) is 8.83. The largest absolute Gasteiger partial charge is 0.454 e. The molecule has 3 aromatic heterocycles. The molecule has 9 aromatic rings. The van der Waals surface area contributed by atoms with E-state index in [-0.39, 0.29) is 0 Å². The highest BCUT2D eigenvalue weighted by atomic mass is 32.1. The maximum absolute atomic E-state index is 6.54. The summed E-state index contributed by atoms with van der Waals surface area (Å²) in [7, 11) is 0. The number of para-hydroxylation sites is 5. The van der Waals surface area contributed by atoms with Crippen molar-refractivity contribution in [2.24, 2.45) is 0 Å². The lowest BCUT2D eigenvalue weighted by Crippen LogP contribution is -2.18. The van der Waals surface area contributed by atoms with Crippen molar-refractivity contribution in [3.8, 4) is 5.69 Å². The number of fused-ring (bicyclic) bond motifs is 12. The summed E-state index contributed by atoms with van der Waals surface area (Å²) in [6.07, 6.45) is 0. The molecule has 10 rings (SSSR count). The minimum absolute atomic E-state index is 0.909. The van der Waals surface area contributed by atoms with Crippen molar-refractivity contribution in [1.82, 2.24) is 4.57 Å². The maximum Gasteiger partial charge on any atom is 0.159 e. The molecule has 0 atom stereocenters. The second-order valence-corrected chi connectivity index (χ2v) is 11.6. The van der Waals surface area contributed by atoms with Gasteiger partial charge in [-0.1, -0.05) is 78.9 Å². The Morgan fingerprint density at radius 1 is 0.500 bits per heavy atom. The van der Waals surface area contributed by atoms with Crippen LogP contribution in [0.25, 0.3) is 69.6 Å². The summed E-state index contributed by atoms with van der Waals surface area (Å²) < 4.78 is 11.7. The van der Waals surface area contributed by atoms with Crippen LogP contribution < -0.4 is 4.90 Å². The highest BCUT2D eigenvalue weighted by Crippen LogP contribution is 2.53. The molecule has 0 spiro atoms. The van der Waals surface area contributed by atoms with E-state index >= 15 is 0 Å². The third-order valence-corrected chi connectivity index (χ3v) is 9.71. The van der Waals surface area contributed by atoms with Gasteiger partial charge in [-0.05, 0) is 42.5 Å². The molecule has 0 amide bonds. The number of thiophene rings is 1. The van der Waals surface area contributed by atoms with E-state index in [9.17, 15) is 0 Å². The van der Waals surface area contributed by atoms with E-state index < -0.39 is 0 Å². The molecule has 0 unspecified atom stereocenters. The highest BCUT2D eigenvalue weighted by Gasteiger charge is 2.30. The number of rotatable bonds is 1. The van der Waals surface area contributed by atoms with Gasteiger partial charge in [0.05, 0.1) is 33.8 Å². The summed E-state index contributed by atoms with van der Waals surface area (Å²) in [5.74, 6) is 0. The Hall–Kier alpha value is -5.06. The van der Waals surface area contributed by atoms with Gasteiger partial charge in [-0.3, -0.25) is 0 Å². The molecule has 0 saturated heterocycles. The molecule has 4 heterocycles. The molecule has 40 heavy (non-hydrogen) atoms. The van der Waals surface area contributed by atoms with E-state index in [2.05, 4.69) is 125 Å². The predicted molar refractivity (Wildman–Crippen MR) is 169 cm³/mol. The van der Waals surface area contributed by atoms with Gasteiger partial charge in [0.25, 0.3) is 0 Å². The van der Waals surface area contributed by atoms with Crippen LogP contribution in [0.1, 0.15) is 0 Å². The van der Waals surface area contributed by atoms with Crippen LogP contribution in [0.15, 0.2) is 126 Å². The first-order valence-electron chi connectivity index (χ1n) is 13.5. The zero-order valence-electron chi connectivity index (χ0n) is 21.3. The van der Waals surface area contributed by atoms with Gasteiger partial charge in [-0.15, -0.1) is 11.3 Å². The molecule has 3 nitrogen and oxygen atoms in total. The van der Waals surface area contributed by atoms with Crippen molar-refractivity contribution >= 4 is 92.3 Å². The predicted octanol–water partition coefficient (Wildman–Crippen LogP) is 10.8. The van der Waals surface area contributed by atoms with Crippen molar-refractivity contribution in [2.75, 3.05) is 4.90 Å². The van der Waals surface area contributed by atoms with Crippen LogP contribution in [0.5, 0.6) is 0 Å². The summed E-state index contributed by atoms with van der Waals surface area (Å²) in [6.45, 7) is 0. The molecule has 1 aliphatic rings. The number of aromatic nitrogens is 1. The van der Waals surface area contributed by atoms with Crippen molar-refractivity contribution in [3.63, 3.8) is 0 Å². The SMILES string of the molecule is c1ccc2c(c1)N(c1cccc3c1oc1ccccc13)c1cccc3c4c5sc6ccccc6c5ccc4n-2c13. The van der Waals surface area contributed by atoms with Crippen molar-refractivity contribution < 1.29 is 4.42 Å². The molecule has 1 aliphatic heterocycles. The van der Waals surface area contributed by atoms with E-state index in [1.807, 2.05) is 17.4 Å². The van der Waals surface area contributed by atoms with Gasteiger partial charge in [0.1, 0.15) is 5.58 Å². The van der Waals surface area contributed by atoms with Crippen LogP contribution in [-0.2, 0) is 0 Å². The summed E-state index contributed by atoms with van der Waals surface area (Å²) in [4.78, 5) is 2.39. The van der Waals surface area contributed by atoms with Gasteiger partial charge in [0.2, 0.25) is 0 Å². The molecule has 0 aliphatic carbocycles. The lowest BCUT2D eigenvalue weighted by molar-refractivity contribution is 0.669. The lowest BCUT2D eigenvalue weighted by atomic mass is 10.1. The quantitative estimate of drug-likeness (QED) is 0.211. The van der Waals surface area contributed by atoms with Crippen LogP contribution in [0, 0.1) is 0 Å². The standard InChI is InChI=1S/C36H20N2OS/c1-5-17-31-21(9-1)23-11-7-16-30(35(23)39-31)37-26-13-3-4-14-27(26)38-28-20-19-24-22-10-2-6-18-32(22)40-36(24)33(28)25-12-8-15-29(37)34(25)38/h1-20H. The molecule has 0 N–H and O–H groups in total. The van der Waals surface area contributed by atoms with Crippen LogP contribution in [0.3, 0.4) is 0 Å². The summed E-state index contributed by atoms with van der Waals surface area (Å²) in [6, 6.07) is 43.7. The Morgan fingerprint density at radius 3 is 2.12 bits per heavy atom. The monoisotopic (exact) mass is 528 g/mol. The highest BCUT2D eigenvalue weighted by molar-refractivity contribution is 7.26. The number of hydrogen-bond donors (Lipinski definition) is 0. The van der Waals surface area contributed by atoms with Gasteiger partial charge in [0, 0.05) is 41.7 Å². The molecule has 6 aromatic carbocycles. The van der Waals surface area contributed by atoms with Crippen LogP contribution in [0.4, 0.5) is 17.1 Å². The van der Waals surface area contributed by atoms with Crippen LogP contribution in [0.2, 0.25) is 0 Å². The molecular weight excluding hydrogens is 508 g/mol. The average Bonchev–Trinajstić information content (AvgIpc) is 3.68. The summed E-state index contributed by atoms with van der Waals surface area (Å²) >= 11 is 1.90. The fraction of sp³-hybridized carbons (Fsp3) is 0. The first kappa shape index (κ1) is 20.8. The van der Waals surface area contributed by atoms with E-state index in [1.54, 1.807) is 0 Å². The molecular formula is C36H20N2OS. The average molecular weight is 529 g/mol. The number of furan rings is 1. The van der Waals surface area contributed by atoms with Gasteiger partial charge < -0.3 is 13.9 Å². The third-order valence-electron chi connectivity index (χ3n) is 8.50. The van der Waals surface area contributed by atoms with Gasteiger partial charge in [-0.25, -0.2) is 0 Å². The minimum Gasteiger partial charge on any atom is -0.454 e. The van der Waals surface area contributed by atoms with E-state index in [4.69, 9.17) is 4.42 Å². The van der Waals surface area contributed by atoms with Crippen LogP contribution >= 0.6 is 11.3 Å². The smallest absolute Gasteiger partial charge is 0.159 e. The molecule has 0 saturated carbocycles. The van der Waals surface area contributed by atoms with E-state index in [1.165, 1.54) is 47.7 Å². The van der Waals surface area contributed by atoms with Gasteiger partial charge in [0.15, 0.2) is 5.58 Å². The topological polar surface area (TPSA) is 21.3 Å².